The van der Waals surface area contributed by atoms with Gasteiger partial charge >= 0.3 is 0 Å². The van der Waals surface area contributed by atoms with Crippen LogP contribution in [0.1, 0.15) is 29.6 Å². The summed E-state index contributed by atoms with van der Waals surface area (Å²) in [5.41, 5.74) is -0.667. The highest BCUT2D eigenvalue weighted by atomic mass is 32.2. The Morgan fingerprint density at radius 1 is 1.09 bits per heavy atom. The van der Waals surface area contributed by atoms with Crippen molar-refractivity contribution in [1.29, 1.82) is 0 Å². The zero-order valence-corrected chi connectivity index (χ0v) is 13.1. The lowest BCUT2D eigenvalue weighted by Gasteiger charge is -2.25. The predicted molar refractivity (Wildman–Crippen MR) is 77.9 cm³/mol. The Kier molecular flexibility index (Phi) is 5.64. The molecule has 0 atom stereocenters. The molecule has 1 fully saturated rings. The molecule has 128 valence electrons. The van der Waals surface area contributed by atoms with Gasteiger partial charge in [-0.3, -0.25) is 4.79 Å². The summed E-state index contributed by atoms with van der Waals surface area (Å²) < 4.78 is 64.8. The van der Waals surface area contributed by atoms with Crippen LogP contribution in [-0.2, 0) is 10.0 Å². The zero-order chi connectivity index (χ0) is 17.0. The van der Waals surface area contributed by atoms with Crippen molar-refractivity contribution in [1.82, 2.24) is 9.62 Å². The molecule has 1 saturated heterocycles. The Morgan fingerprint density at radius 3 is 2.39 bits per heavy atom. The van der Waals surface area contributed by atoms with Gasteiger partial charge in [0.25, 0.3) is 5.91 Å². The molecule has 5 nitrogen and oxygen atoms in total. The maximum atomic E-state index is 13.5. The molecule has 0 saturated carbocycles. The first-order valence-corrected chi connectivity index (χ1v) is 8.83. The molecule has 0 unspecified atom stereocenters. The fourth-order valence-corrected chi connectivity index (χ4v) is 3.79. The number of halogens is 3. The molecule has 9 heteroatoms. The van der Waals surface area contributed by atoms with Gasteiger partial charge < -0.3 is 5.32 Å². The van der Waals surface area contributed by atoms with E-state index in [1.165, 1.54) is 4.31 Å². The number of sulfonamides is 1. The summed E-state index contributed by atoms with van der Waals surface area (Å²) in [7, 11) is -3.50. The monoisotopic (exact) mass is 350 g/mol. The van der Waals surface area contributed by atoms with Crippen LogP contribution < -0.4 is 5.32 Å². The van der Waals surface area contributed by atoms with E-state index in [4.69, 9.17) is 0 Å². The molecule has 23 heavy (non-hydrogen) atoms. The summed E-state index contributed by atoms with van der Waals surface area (Å²) >= 11 is 0. The van der Waals surface area contributed by atoms with Gasteiger partial charge in [-0.15, -0.1) is 0 Å². The molecule has 0 spiro atoms. The minimum absolute atomic E-state index is 0.240. The van der Waals surface area contributed by atoms with Crippen LogP contribution in [0, 0.1) is 17.5 Å². The molecule has 1 aromatic rings. The first kappa shape index (κ1) is 17.7. The van der Waals surface area contributed by atoms with Crippen LogP contribution >= 0.6 is 0 Å². The van der Waals surface area contributed by atoms with Gasteiger partial charge in [-0.25, -0.2) is 25.9 Å². The predicted octanol–water partition coefficient (Wildman–Crippen LogP) is 1.65. The molecule has 2 rings (SSSR count). The van der Waals surface area contributed by atoms with E-state index in [-0.39, 0.29) is 12.3 Å². The molecule has 1 heterocycles. The Labute approximate surface area is 132 Å². The fraction of sp³-hybridized carbons (Fsp3) is 0.500. The van der Waals surface area contributed by atoms with Gasteiger partial charge in [0.1, 0.15) is 0 Å². The van der Waals surface area contributed by atoms with Crippen molar-refractivity contribution < 1.29 is 26.4 Å². The molecule has 1 N–H and O–H groups in total. The average Bonchev–Trinajstić information content (AvgIpc) is 2.53. The number of benzene rings is 1. The average molecular weight is 350 g/mol. The van der Waals surface area contributed by atoms with Crippen molar-refractivity contribution in [3.8, 4) is 0 Å². The maximum absolute atomic E-state index is 13.5. The third-order valence-corrected chi connectivity index (χ3v) is 5.51. The second kappa shape index (κ2) is 7.31. The molecule has 1 aliphatic heterocycles. The highest BCUT2D eigenvalue weighted by Gasteiger charge is 2.24. The van der Waals surface area contributed by atoms with Crippen LogP contribution in [0.3, 0.4) is 0 Å². The van der Waals surface area contributed by atoms with Crippen molar-refractivity contribution in [2.75, 3.05) is 25.4 Å². The summed E-state index contributed by atoms with van der Waals surface area (Å²) in [6, 6.07) is 1.44. The number of hydrogen-bond acceptors (Lipinski definition) is 3. The molecule has 0 radical (unpaired) electrons. The standard InChI is InChI=1S/C14H17F3N2O3S/c15-11-5-4-10(12(16)13(11)17)14(20)18-6-9-23(21,22)19-7-2-1-3-8-19/h4-5H,1-3,6-9H2,(H,18,20). The first-order valence-electron chi connectivity index (χ1n) is 7.22. The van der Waals surface area contributed by atoms with Gasteiger partial charge in [0.15, 0.2) is 17.5 Å². The fourth-order valence-electron chi connectivity index (χ4n) is 2.36. The molecule has 0 aliphatic carbocycles. The normalized spacial score (nSPS) is 16.3. The van der Waals surface area contributed by atoms with Gasteiger partial charge in [0, 0.05) is 19.6 Å². The van der Waals surface area contributed by atoms with Crippen molar-refractivity contribution >= 4 is 15.9 Å². The van der Waals surface area contributed by atoms with E-state index in [0.29, 0.717) is 19.2 Å². The zero-order valence-electron chi connectivity index (χ0n) is 12.3. The minimum atomic E-state index is -3.50. The molecule has 0 bridgehead atoms. The lowest BCUT2D eigenvalue weighted by Crippen LogP contribution is -2.40. The first-order chi connectivity index (χ1) is 10.8. The van der Waals surface area contributed by atoms with Crippen molar-refractivity contribution in [3.63, 3.8) is 0 Å². The van der Waals surface area contributed by atoms with Gasteiger partial charge in [-0.2, -0.15) is 0 Å². The Morgan fingerprint density at radius 2 is 1.74 bits per heavy atom. The van der Waals surface area contributed by atoms with Gasteiger partial charge in [0.2, 0.25) is 10.0 Å². The van der Waals surface area contributed by atoms with E-state index in [2.05, 4.69) is 5.32 Å². The molecule has 0 aromatic heterocycles. The van der Waals surface area contributed by atoms with Crippen LogP contribution in [0.5, 0.6) is 0 Å². The molecule has 1 amide bonds. The third kappa shape index (κ3) is 4.23. The highest BCUT2D eigenvalue weighted by molar-refractivity contribution is 7.89. The molecule has 1 aliphatic rings. The Bertz CT molecular complexity index is 689. The van der Waals surface area contributed by atoms with E-state index in [9.17, 15) is 26.4 Å². The van der Waals surface area contributed by atoms with Crippen LogP contribution in [0.15, 0.2) is 12.1 Å². The lowest BCUT2D eigenvalue weighted by atomic mass is 10.2. The molecular weight excluding hydrogens is 333 g/mol. The number of carbonyl (C=O) groups is 1. The van der Waals surface area contributed by atoms with Crippen LogP contribution in [0.2, 0.25) is 0 Å². The van der Waals surface area contributed by atoms with Gasteiger partial charge in [0.05, 0.1) is 11.3 Å². The van der Waals surface area contributed by atoms with Crippen molar-refractivity contribution in [2.24, 2.45) is 0 Å². The quantitative estimate of drug-likeness (QED) is 0.821. The van der Waals surface area contributed by atoms with Crippen molar-refractivity contribution in [2.45, 2.75) is 19.3 Å². The number of hydrogen-bond donors (Lipinski definition) is 1. The number of piperidine rings is 1. The number of nitrogens with one attached hydrogen (secondary N) is 1. The second-order valence-corrected chi connectivity index (χ2v) is 7.34. The van der Waals surface area contributed by atoms with Crippen LogP contribution in [-0.4, -0.2) is 44.0 Å². The molecular formula is C14H17F3N2O3S. The highest BCUT2D eigenvalue weighted by Crippen LogP contribution is 2.15. The van der Waals surface area contributed by atoms with Crippen LogP contribution in [0.4, 0.5) is 13.2 Å². The minimum Gasteiger partial charge on any atom is -0.351 e. The maximum Gasteiger partial charge on any atom is 0.254 e. The Hall–Kier alpha value is -1.61. The SMILES string of the molecule is O=C(NCCS(=O)(=O)N1CCCCC1)c1ccc(F)c(F)c1F. The Balaban J connectivity index is 1.93. The topological polar surface area (TPSA) is 66.5 Å². The smallest absolute Gasteiger partial charge is 0.254 e. The summed E-state index contributed by atoms with van der Waals surface area (Å²) in [4.78, 5) is 11.7. The van der Waals surface area contributed by atoms with E-state index in [0.717, 1.165) is 25.3 Å². The number of rotatable bonds is 5. The van der Waals surface area contributed by atoms with E-state index >= 15 is 0 Å². The number of nitrogens with zero attached hydrogens (tertiary/aromatic N) is 1. The summed E-state index contributed by atoms with van der Waals surface area (Å²) in [5.74, 6) is -6.05. The van der Waals surface area contributed by atoms with Crippen molar-refractivity contribution in [3.05, 3.63) is 35.1 Å². The van der Waals surface area contributed by atoms with E-state index in [1.54, 1.807) is 0 Å². The largest absolute Gasteiger partial charge is 0.351 e. The van der Waals surface area contributed by atoms with Gasteiger partial charge in [-0.05, 0) is 25.0 Å². The third-order valence-electron chi connectivity index (χ3n) is 3.63. The summed E-state index contributed by atoms with van der Waals surface area (Å²) in [6.07, 6.45) is 2.58. The number of carbonyl (C=O) groups excluding carboxylic acids is 1. The second-order valence-electron chi connectivity index (χ2n) is 5.25. The summed E-state index contributed by atoms with van der Waals surface area (Å²) in [6.45, 7) is 0.665. The van der Waals surface area contributed by atoms with Gasteiger partial charge in [-0.1, -0.05) is 6.42 Å². The van der Waals surface area contributed by atoms with E-state index < -0.39 is 38.9 Å². The lowest BCUT2D eigenvalue weighted by molar-refractivity contribution is 0.0950. The molecule has 1 aromatic carbocycles. The summed E-state index contributed by atoms with van der Waals surface area (Å²) in [5, 5.41) is 2.21. The number of amides is 1. The van der Waals surface area contributed by atoms with E-state index in [1.807, 2.05) is 0 Å². The van der Waals surface area contributed by atoms with Crippen LogP contribution in [0.25, 0.3) is 0 Å².